The molecule has 13 N–H and O–H groups in total. The number of likely N-dealkylation sites (tertiary alicyclic amines) is 1. The summed E-state index contributed by atoms with van der Waals surface area (Å²) in [5.74, 6) is 7.83. The van der Waals surface area contributed by atoms with Gasteiger partial charge in [0.15, 0.2) is 47.5 Å². The molecule has 2 bridgehead atoms. The fraction of sp³-hybridized carbons (Fsp3) is 0.656. The third-order valence-electron chi connectivity index (χ3n) is 23.8. The standard InChI is InChI=1S/C90H127IN8O27S3/c1-15-99(89(112)119-45-54-26-28-57(29-27-54)95-83(108)56(24-22-35-94-88(93)111)41-62(102)72(47(2)3)96-84(109)55(39-48(4)100)23-19-21-34-92)61-46-118-67(43-66(61)114-11)124-80-75(106)73(51(7)121-87(80)123-65-25-18-16-17-20-33-90(113)44-64(104)59(40-49(5)101)70(65)60(90)32-38-127-129-58-30-36-98(10)37-31-58)97-126-68-42-63(103)82(53(9)120-68)128-85(110)69-50(6)71(91)78(81(117-14)77(69)115-12)125-86-76(107)79(116-13)74(105)52(8)122-86/h16-17,26-29,32,47,51-53,55-56,58,61,63,65-68,72-76,79-80,82,86-87,97,103,105-107,113H,15,19,21-24,30-31,34-46,92H2,1-14H3,(H,95,108)(H,96,109)(H3,93,94,111)/b17-16-,60-32+/t51-,52+,53-,55-,56-,61+,63+,65+,66+,67+,68+,72+,73-,74+,75+,76-,79-,80-,82-,86+,87+,90+/m1/s1. The maximum atomic E-state index is 14.7. The molecule has 0 saturated carbocycles. The monoisotopic (exact) mass is 1970 g/mol. The second-order valence-corrected chi connectivity index (χ2v) is 38.6. The number of urea groups is 1. The minimum Gasteiger partial charge on any atom is -0.492 e. The molecule has 5 aliphatic heterocycles. The molecule has 35 nitrogen and oxygen atoms in total. The molecule has 5 saturated heterocycles. The van der Waals surface area contributed by atoms with Crippen molar-refractivity contribution >= 4 is 114 Å². The maximum absolute atomic E-state index is 14.7. The first-order chi connectivity index (χ1) is 61.5. The number of nitrogens with zero attached hydrogens (tertiary/aromatic N) is 2. The number of ether oxygens (including phenoxy) is 12. The number of rotatable bonds is 43. The van der Waals surface area contributed by atoms with E-state index in [0.29, 0.717) is 57.2 Å². The molecule has 39 heteroatoms. The smallest absolute Gasteiger partial charge is 0.410 e. The van der Waals surface area contributed by atoms with Gasteiger partial charge in [-0.05, 0) is 178 Å². The number of likely N-dealkylation sites (N-methyl/N-ethyl adjacent to an activating group) is 1. The first kappa shape index (κ1) is 106. The highest BCUT2D eigenvalue weighted by Gasteiger charge is 2.53. The van der Waals surface area contributed by atoms with Crippen molar-refractivity contribution < 1.29 is 130 Å². The van der Waals surface area contributed by atoms with E-state index in [0.717, 1.165) is 37.7 Å². The predicted octanol–water partition coefficient (Wildman–Crippen LogP) is 6.56. The molecule has 129 heavy (non-hydrogen) atoms. The Balaban J connectivity index is 0.919. The Labute approximate surface area is 779 Å². The molecule has 2 aromatic rings. The van der Waals surface area contributed by atoms with Crippen molar-refractivity contribution in [3.05, 3.63) is 79.5 Å². The lowest BCUT2D eigenvalue weighted by Crippen LogP contribution is -2.65. The van der Waals surface area contributed by atoms with Crippen molar-refractivity contribution in [1.29, 1.82) is 0 Å². The van der Waals surface area contributed by atoms with Crippen LogP contribution in [0.15, 0.2) is 59.2 Å². The number of methoxy groups -OCH3 is 4. The predicted molar refractivity (Wildman–Crippen MR) is 489 cm³/mol. The Bertz CT molecular complexity index is 4430. The number of primary amides is 1. The molecule has 0 spiro atoms. The van der Waals surface area contributed by atoms with Gasteiger partial charge < -0.3 is 124 Å². The third-order valence-corrected chi connectivity index (χ3v) is 29.3. The van der Waals surface area contributed by atoms with Crippen LogP contribution in [0.5, 0.6) is 17.2 Å². The number of hydrogen-bond acceptors (Lipinski definition) is 33. The zero-order chi connectivity index (χ0) is 94.3. The van der Waals surface area contributed by atoms with Crippen molar-refractivity contribution in [3.63, 3.8) is 0 Å². The van der Waals surface area contributed by atoms with Gasteiger partial charge in [-0.2, -0.15) is 5.48 Å². The van der Waals surface area contributed by atoms with Crippen LogP contribution in [0.1, 0.15) is 160 Å². The summed E-state index contributed by atoms with van der Waals surface area (Å²) in [4.78, 5) is 133. The van der Waals surface area contributed by atoms with Gasteiger partial charge >= 0.3 is 12.1 Å². The lowest BCUT2D eigenvalue weighted by Gasteiger charge is -2.47. The van der Waals surface area contributed by atoms with E-state index in [-0.39, 0.29) is 128 Å². The molecule has 0 aromatic heterocycles. The Hall–Kier alpha value is -6.89. The summed E-state index contributed by atoms with van der Waals surface area (Å²) >= 11 is 2.78. The SMILES string of the molecule is CCN(C(=O)OCc1ccc(NC(=O)[C@H](CCCNC(N)=O)CC(=O)[C@@H](NC(=O)[C@H](CCCCN)CC(C)=O)C(C)C)cc1)[C@H]1CO[C@@H](O[C@H]2[C@H](O[C@H]3C#C/C=C\C#C[C@]4(O)CC(=O)C(CC(C)=O)=C3/C4=C\CSSC3CCN(C)CC3)O[C@H](C)[C@@H](NO[C@H]3C[C@H](O)[C@H](SC(=O)c4c(C)c(I)c(O[C@@H]5O[C@@H](C)[C@H](O)[C@@H](OC)[C@H]5O)c(OC)c4OC)[C@@H](C)O3)[C@@H]2O)C[C@@H]1OC. The van der Waals surface area contributed by atoms with Gasteiger partial charge in [0.05, 0.1) is 90.3 Å². The molecule has 2 aliphatic carbocycles. The number of hydroxylamine groups is 1. The van der Waals surface area contributed by atoms with E-state index in [4.69, 9.17) is 73.1 Å². The van der Waals surface area contributed by atoms with Crippen LogP contribution in [0.25, 0.3) is 0 Å². The van der Waals surface area contributed by atoms with Crippen LogP contribution in [0, 0.1) is 51.9 Å². The number of halogens is 1. The fourth-order valence-corrected chi connectivity index (χ4v) is 21.0. The lowest BCUT2D eigenvalue weighted by molar-refractivity contribution is -0.337. The number of fused-ring (bicyclic) bond motifs is 2. The van der Waals surface area contributed by atoms with Crippen molar-refractivity contribution in [2.45, 2.75) is 279 Å². The summed E-state index contributed by atoms with van der Waals surface area (Å²) < 4.78 is 75.1. The number of aliphatic hydroxyl groups is 5. The molecule has 5 amide bonds. The van der Waals surface area contributed by atoms with Crippen molar-refractivity contribution in [2.24, 2.45) is 29.2 Å². The number of anilines is 1. The second kappa shape index (κ2) is 50.4. The van der Waals surface area contributed by atoms with Crippen LogP contribution >= 0.6 is 55.9 Å². The zero-order valence-corrected chi connectivity index (χ0v) is 80.1. The number of aliphatic hydroxyl groups excluding tert-OH is 4. The minimum absolute atomic E-state index is 0.000539. The molecular weight excluding hydrogens is 1850 g/mol. The van der Waals surface area contributed by atoms with E-state index in [2.05, 4.69) is 57.1 Å². The number of hydrogen-bond donors (Lipinski definition) is 11. The summed E-state index contributed by atoms with van der Waals surface area (Å²) in [6.07, 6.45) is -12.1. The molecule has 2 aromatic carbocycles. The molecule has 5 fully saturated rings. The topological polar surface area (TPSA) is 481 Å². The van der Waals surface area contributed by atoms with Crippen molar-refractivity contribution in [3.8, 4) is 40.9 Å². The van der Waals surface area contributed by atoms with Gasteiger partial charge in [-0.25, -0.2) is 9.59 Å². The molecule has 5 heterocycles. The number of thioether (sulfide) groups is 1. The van der Waals surface area contributed by atoms with E-state index in [1.165, 1.54) is 59.3 Å². The number of unbranched alkanes of at least 4 members (excludes halogenated alkanes) is 1. The first-order valence-electron chi connectivity index (χ1n) is 43.6. The maximum Gasteiger partial charge on any atom is 0.410 e. The Morgan fingerprint density at radius 1 is 0.806 bits per heavy atom. The van der Waals surface area contributed by atoms with Crippen LogP contribution in [0.4, 0.5) is 15.3 Å². The summed E-state index contributed by atoms with van der Waals surface area (Å²) in [6.45, 7) is 16.7. The second-order valence-electron chi connectivity index (χ2n) is 33.6. The van der Waals surface area contributed by atoms with Gasteiger partial charge in [0.25, 0.3) is 0 Å². The van der Waals surface area contributed by atoms with Gasteiger partial charge in [0.2, 0.25) is 29.0 Å². The molecule has 7 aliphatic rings. The fourth-order valence-electron chi connectivity index (χ4n) is 16.7. The molecule has 714 valence electrons. The highest BCUT2D eigenvalue weighted by Crippen LogP contribution is 2.50. The minimum atomic E-state index is -2.08. The molecule has 22 atom stereocenters. The van der Waals surface area contributed by atoms with Crippen molar-refractivity contribution in [1.82, 2.24) is 25.9 Å². The zero-order valence-electron chi connectivity index (χ0n) is 75.5. The Kier molecular flexibility index (Phi) is 41.4. The van der Waals surface area contributed by atoms with Crippen molar-refractivity contribution in [2.75, 3.05) is 85.9 Å². The number of carbonyl (C=O) groups is 9. The third kappa shape index (κ3) is 28.4. The summed E-state index contributed by atoms with van der Waals surface area (Å²) in [5.41, 5.74) is 13.6. The molecule has 9 rings (SSSR count). The number of Topliss-reactive ketones (excluding diaryl/α,β-unsaturated/α-hetero) is 4. The average molecular weight is 1980 g/mol. The summed E-state index contributed by atoms with van der Waals surface area (Å²) in [6, 6.07) is 2.75. The normalized spacial score (nSPS) is 29.1. The average Bonchev–Trinajstić information content (AvgIpc) is 0.732. The van der Waals surface area contributed by atoms with Crippen LogP contribution in [0.2, 0.25) is 0 Å². The first-order valence-corrected chi connectivity index (χ1v) is 48.0. The number of piperidine rings is 1. The molecular formula is C90H127IN8O27S3. The number of benzene rings is 2. The van der Waals surface area contributed by atoms with Crippen LogP contribution in [-0.2, 0) is 82.8 Å². The molecule has 0 unspecified atom stereocenters. The number of nitrogens with two attached hydrogens (primary N) is 2. The Morgan fingerprint density at radius 3 is 2.14 bits per heavy atom. The van der Waals surface area contributed by atoms with Crippen LogP contribution in [-0.4, -0.2) is 295 Å². The van der Waals surface area contributed by atoms with Gasteiger partial charge in [-0.15, -0.1) is 0 Å². The number of amides is 5. The van der Waals surface area contributed by atoms with Crippen LogP contribution < -0.4 is 47.1 Å². The number of carbonyl (C=O) groups excluding carboxylic acids is 9. The molecule has 0 radical (unpaired) electrons. The number of allylic oxidation sites excluding steroid dienone is 3. The van der Waals surface area contributed by atoms with Crippen LogP contribution in [0.3, 0.4) is 0 Å². The lowest BCUT2D eigenvalue weighted by atomic mass is 9.72. The Morgan fingerprint density at radius 2 is 1.50 bits per heavy atom. The van der Waals surface area contributed by atoms with E-state index >= 15 is 0 Å². The quantitative estimate of drug-likeness (QED) is 0.0110. The summed E-state index contributed by atoms with van der Waals surface area (Å²) in [5, 5.41) is 66.8. The number of nitrogens with one attached hydrogen (secondary N) is 4. The highest BCUT2D eigenvalue weighted by molar-refractivity contribution is 14.1. The largest absolute Gasteiger partial charge is 0.492 e. The number of ketones is 4. The van der Waals surface area contributed by atoms with Gasteiger partial charge in [-0.3, -0.25) is 33.6 Å². The van der Waals surface area contributed by atoms with E-state index in [9.17, 15) is 68.7 Å². The van der Waals surface area contributed by atoms with E-state index in [1.807, 2.05) is 22.6 Å². The van der Waals surface area contributed by atoms with E-state index in [1.54, 1.807) is 100 Å². The van der Waals surface area contributed by atoms with E-state index < -0.39 is 180 Å². The summed E-state index contributed by atoms with van der Waals surface area (Å²) in [7, 11) is 10.9. The van der Waals surface area contributed by atoms with Gasteiger partial charge in [0, 0.05) is 105 Å². The highest BCUT2D eigenvalue weighted by atomic mass is 127. The van der Waals surface area contributed by atoms with Gasteiger partial charge in [0.1, 0.15) is 54.8 Å². The van der Waals surface area contributed by atoms with Gasteiger partial charge in [-0.1, -0.05) is 95.5 Å².